The number of para-hydroxylation sites is 1. The van der Waals surface area contributed by atoms with E-state index in [4.69, 9.17) is 0 Å². The highest BCUT2D eigenvalue weighted by Crippen LogP contribution is 2.31. The van der Waals surface area contributed by atoms with Crippen LogP contribution in [-0.2, 0) is 0 Å². The first-order valence-electron chi connectivity index (χ1n) is 6.69. The van der Waals surface area contributed by atoms with Gasteiger partial charge in [0.05, 0.1) is 0 Å². The van der Waals surface area contributed by atoms with Crippen LogP contribution in [0.5, 0.6) is 0 Å². The third kappa shape index (κ3) is 2.23. The van der Waals surface area contributed by atoms with E-state index in [2.05, 4.69) is 40.2 Å². The topological polar surface area (TPSA) is 16.1 Å². The van der Waals surface area contributed by atoms with Crippen molar-refractivity contribution >= 4 is 5.69 Å². The predicted molar refractivity (Wildman–Crippen MR) is 75.7 cm³/mol. The number of piperidine rings is 1. The molecule has 2 nitrogen and oxygen atoms in total. The Balaban J connectivity index is 1.99. The maximum absolute atomic E-state index is 4.23. The molecule has 0 radical (unpaired) electrons. The first-order valence-corrected chi connectivity index (χ1v) is 6.69. The molecule has 0 spiro atoms. The Morgan fingerprint density at radius 1 is 0.889 bits per heavy atom. The molecule has 1 saturated heterocycles. The Morgan fingerprint density at radius 3 is 2.50 bits per heavy atom. The first-order chi connectivity index (χ1) is 8.95. The van der Waals surface area contributed by atoms with Crippen LogP contribution in [0.15, 0.2) is 48.8 Å². The van der Waals surface area contributed by atoms with E-state index in [9.17, 15) is 0 Å². The Bertz CT molecular complexity index is 502. The number of hydrogen-bond donors (Lipinski definition) is 0. The summed E-state index contributed by atoms with van der Waals surface area (Å²) in [5.41, 5.74) is 3.86. The minimum atomic E-state index is 1.18. The zero-order valence-corrected chi connectivity index (χ0v) is 10.5. The molecule has 2 heterocycles. The van der Waals surface area contributed by atoms with Crippen LogP contribution in [0.2, 0.25) is 0 Å². The fraction of sp³-hybridized carbons (Fsp3) is 0.312. The minimum absolute atomic E-state index is 1.18. The number of hydrogen-bond acceptors (Lipinski definition) is 2. The largest absolute Gasteiger partial charge is 0.371 e. The molecule has 0 aliphatic carbocycles. The summed E-state index contributed by atoms with van der Waals surface area (Å²) >= 11 is 0. The van der Waals surface area contributed by atoms with Gasteiger partial charge in [0.2, 0.25) is 0 Å². The summed E-state index contributed by atoms with van der Waals surface area (Å²) in [5.74, 6) is 0. The maximum atomic E-state index is 4.23. The van der Waals surface area contributed by atoms with Crippen LogP contribution in [0.3, 0.4) is 0 Å². The van der Waals surface area contributed by atoms with Crippen LogP contribution in [0.1, 0.15) is 19.3 Å². The van der Waals surface area contributed by atoms with E-state index in [0.717, 1.165) is 0 Å². The van der Waals surface area contributed by atoms with Gasteiger partial charge in [-0.05, 0) is 31.4 Å². The number of anilines is 1. The molecule has 18 heavy (non-hydrogen) atoms. The average Bonchev–Trinajstić information content (AvgIpc) is 2.49. The number of rotatable bonds is 2. The quantitative estimate of drug-likeness (QED) is 0.792. The first kappa shape index (κ1) is 11.3. The summed E-state index contributed by atoms with van der Waals surface area (Å²) in [6.07, 6.45) is 7.75. The number of pyridine rings is 1. The van der Waals surface area contributed by atoms with Gasteiger partial charge in [0.15, 0.2) is 0 Å². The van der Waals surface area contributed by atoms with Crippen LogP contribution < -0.4 is 4.90 Å². The third-order valence-corrected chi connectivity index (χ3v) is 3.57. The van der Waals surface area contributed by atoms with Gasteiger partial charge < -0.3 is 4.90 Å². The van der Waals surface area contributed by atoms with Gasteiger partial charge >= 0.3 is 0 Å². The van der Waals surface area contributed by atoms with E-state index in [-0.39, 0.29) is 0 Å². The fourth-order valence-corrected chi connectivity index (χ4v) is 2.65. The lowest BCUT2D eigenvalue weighted by atomic mass is 10.0. The van der Waals surface area contributed by atoms with Crippen molar-refractivity contribution in [2.24, 2.45) is 0 Å². The SMILES string of the molecule is c1cncc(-c2ccccc2N2CCCCC2)c1. The van der Waals surface area contributed by atoms with Crippen LogP contribution in [0.4, 0.5) is 5.69 Å². The monoisotopic (exact) mass is 238 g/mol. The molecule has 1 aliphatic rings. The van der Waals surface area contributed by atoms with Crippen LogP contribution in [0, 0.1) is 0 Å². The molecule has 0 bridgehead atoms. The van der Waals surface area contributed by atoms with E-state index < -0.39 is 0 Å². The van der Waals surface area contributed by atoms with Crippen molar-refractivity contribution in [3.05, 3.63) is 48.8 Å². The minimum Gasteiger partial charge on any atom is -0.371 e. The van der Waals surface area contributed by atoms with Gasteiger partial charge in [-0.25, -0.2) is 0 Å². The summed E-state index contributed by atoms with van der Waals surface area (Å²) in [4.78, 5) is 6.73. The fourth-order valence-electron chi connectivity index (χ4n) is 2.65. The van der Waals surface area contributed by atoms with Gasteiger partial charge in [0.1, 0.15) is 0 Å². The zero-order chi connectivity index (χ0) is 12.2. The molecule has 0 saturated carbocycles. The van der Waals surface area contributed by atoms with Crippen molar-refractivity contribution in [1.82, 2.24) is 4.98 Å². The van der Waals surface area contributed by atoms with E-state index >= 15 is 0 Å². The van der Waals surface area contributed by atoms with E-state index in [1.165, 1.54) is 49.2 Å². The van der Waals surface area contributed by atoms with E-state index in [1.807, 2.05) is 18.5 Å². The second-order valence-corrected chi connectivity index (χ2v) is 4.81. The summed E-state index contributed by atoms with van der Waals surface area (Å²) in [6, 6.07) is 12.8. The molecule has 0 amide bonds. The van der Waals surface area contributed by atoms with Crippen molar-refractivity contribution < 1.29 is 0 Å². The zero-order valence-electron chi connectivity index (χ0n) is 10.5. The van der Waals surface area contributed by atoms with Crippen LogP contribution >= 0.6 is 0 Å². The summed E-state index contributed by atoms with van der Waals surface area (Å²) < 4.78 is 0. The molecule has 1 fully saturated rings. The molecule has 1 aliphatic heterocycles. The standard InChI is InChI=1S/C16H18N2/c1-4-11-18(12-5-1)16-9-3-2-8-15(16)14-7-6-10-17-13-14/h2-3,6-10,13H,1,4-5,11-12H2. The molecular formula is C16H18N2. The van der Waals surface area contributed by atoms with Crippen molar-refractivity contribution in [2.45, 2.75) is 19.3 Å². The molecule has 0 unspecified atom stereocenters. The van der Waals surface area contributed by atoms with Crippen LogP contribution in [0.25, 0.3) is 11.1 Å². The summed E-state index contributed by atoms with van der Waals surface area (Å²) in [6.45, 7) is 2.36. The van der Waals surface area contributed by atoms with Gasteiger partial charge in [-0.1, -0.05) is 24.3 Å². The number of benzene rings is 1. The summed E-state index contributed by atoms with van der Waals surface area (Å²) in [7, 11) is 0. The Labute approximate surface area is 108 Å². The lowest BCUT2D eigenvalue weighted by Gasteiger charge is -2.30. The Kier molecular flexibility index (Phi) is 3.26. The van der Waals surface area contributed by atoms with E-state index in [1.54, 1.807) is 0 Å². The Morgan fingerprint density at radius 2 is 1.72 bits per heavy atom. The lowest BCUT2D eigenvalue weighted by Crippen LogP contribution is -2.29. The molecular weight excluding hydrogens is 220 g/mol. The van der Waals surface area contributed by atoms with Gasteiger partial charge in [0.25, 0.3) is 0 Å². The molecule has 2 heteroatoms. The van der Waals surface area contributed by atoms with Gasteiger partial charge in [-0.3, -0.25) is 4.98 Å². The highest BCUT2D eigenvalue weighted by atomic mass is 15.1. The van der Waals surface area contributed by atoms with Gasteiger partial charge in [-0.15, -0.1) is 0 Å². The Hall–Kier alpha value is -1.83. The van der Waals surface area contributed by atoms with Crippen molar-refractivity contribution in [2.75, 3.05) is 18.0 Å². The smallest absolute Gasteiger partial charge is 0.0446 e. The van der Waals surface area contributed by atoms with Crippen molar-refractivity contribution in [1.29, 1.82) is 0 Å². The molecule has 1 aromatic heterocycles. The number of nitrogens with zero attached hydrogens (tertiary/aromatic N) is 2. The molecule has 1 aromatic carbocycles. The predicted octanol–water partition coefficient (Wildman–Crippen LogP) is 3.74. The third-order valence-electron chi connectivity index (χ3n) is 3.57. The molecule has 92 valence electrons. The average molecular weight is 238 g/mol. The van der Waals surface area contributed by atoms with E-state index in [0.29, 0.717) is 0 Å². The van der Waals surface area contributed by atoms with Crippen molar-refractivity contribution in [3.8, 4) is 11.1 Å². The number of aromatic nitrogens is 1. The molecule has 2 aromatic rings. The molecule has 3 rings (SSSR count). The lowest BCUT2D eigenvalue weighted by molar-refractivity contribution is 0.578. The van der Waals surface area contributed by atoms with Crippen LogP contribution in [-0.4, -0.2) is 18.1 Å². The molecule has 0 N–H and O–H groups in total. The van der Waals surface area contributed by atoms with Gasteiger partial charge in [0, 0.05) is 42.3 Å². The highest BCUT2D eigenvalue weighted by molar-refractivity contribution is 5.78. The maximum Gasteiger partial charge on any atom is 0.0446 e. The van der Waals surface area contributed by atoms with Gasteiger partial charge in [-0.2, -0.15) is 0 Å². The normalized spacial score (nSPS) is 15.7. The second kappa shape index (κ2) is 5.21. The molecule has 0 atom stereocenters. The second-order valence-electron chi connectivity index (χ2n) is 4.81. The summed E-state index contributed by atoms with van der Waals surface area (Å²) in [5, 5.41) is 0. The highest BCUT2D eigenvalue weighted by Gasteiger charge is 2.14. The van der Waals surface area contributed by atoms with Crippen molar-refractivity contribution in [3.63, 3.8) is 0 Å².